The molecule has 4 rings (SSSR count). The number of rotatable bonds is 6. The lowest BCUT2D eigenvalue weighted by Crippen LogP contribution is -2.47. The van der Waals surface area contributed by atoms with Crippen LogP contribution in [0.2, 0.25) is 5.02 Å². The van der Waals surface area contributed by atoms with E-state index in [1.807, 2.05) is 18.2 Å². The van der Waals surface area contributed by atoms with Gasteiger partial charge in [-0.1, -0.05) is 51.4 Å². The van der Waals surface area contributed by atoms with Crippen LogP contribution in [0, 0.1) is 22.6 Å². The molecule has 1 aliphatic heterocycles. The van der Waals surface area contributed by atoms with Crippen molar-refractivity contribution < 1.29 is 18.8 Å². The summed E-state index contributed by atoms with van der Waals surface area (Å²) in [4.78, 5) is 42.6. The smallest absolute Gasteiger partial charge is 0.257 e. The van der Waals surface area contributed by atoms with Crippen LogP contribution in [0.25, 0.3) is 0 Å². The van der Waals surface area contributed by atoms with Gasteiger partial charge in [-0.3, -0.25) is 14.4 Å². The molecule has 0 bridgehead atoms. The molecule has 1 heterocycles. The van der Waals surface area contributed by atoms with E-state index in [0.29, 0.717) is 23.7 Å². The van der Waals surface area contributed by atoms with Gasteiger partial charge in [-0.05, 0) is 59.2 Å². The molecule has 3 amide bonds. The average Bonchev–Trinajstić information content (AvgIpc) is 2.97. The molecule has 2 aliphatic rings. The quantitative estimate of drug-likeness (QED) is 0.566. The van der Waals surface area contributed by atoms with E-state index in [1.165, 1.54) is 24.3 Å². The van der Waals surface area contributed by atoms with Crippen LogP contribution in [0.1, 0.15) is 39.7 Å². The number of benzene rings is 2. The molecule has 1 unspecified atom stereocenters. The zero-order chi connectivity index (χ0) is 24.1. The van der Waals surface area contributed by atoms with Gasteiger partial charge in [0.25, 0.3) is 5.91 Å². The molecule has 33 heavy (non-hydrogen) atoms. The number of amides is 3. The van der Waals surface area contributed by atoms with Crippen LogP contribution in [-0.4, -0.2) is 35.2 Å². The van der Waals surface area contributed by atoms with Crippen LogP contribution in [0.4, 0.5) is 10.1 Å². The van der Waals surface area contributed by atoms with Crippen molar-refractivity contribution in [3.05, 3.63) is 64.9 Å². The number of anilines is 1. The first-order chi connectivity index (χ1) is 15.4. The van der Waals surface area contributed by atoms with Gasteiger partial charge in [0.2, 0.25) is 11.8 Å². The highest BCUT2D eigenvalue weighted by Crippen LogP contribution is 2.69. The Morgan fingerprint density at radius 1 is 1.09 bits per heavy atom. The summed E-state index contributed by atoms with van der Waals surface area (Å²) in [5.41, 5.74) is 0.839. The van der Waals surface area contributed by atoms with Gasteiger partial charge in [0, 0.05) is 17.5 Å². The van der Waals surface area contributed by atoms with Gasteiger partial charge in [0.15, 0.2) is 0 Å². The Kier molecular flexibility index (Phi) is 5.85. The van der Waals surface area contributed by atoms with E-state index in [2.05, 4.69) is 27.7 Å². The van der Waals surface area contributed by atoms with Gasteiger partial charge in [0.1, 0.15) is 11.9 Å². The van der Waals surface area contributed by atoms with Crippen molar-refractivity contribution in [2.75, 3.05) is 11.4 Å². The van der Waals surface area contributed by atoms with Crippen molar-refractivity contribution in [2.24, 2.45) is 16.7 Å². The third-order valence-electron chi connectivity index (χ3n) is 7.67. The number of hydrogen-bond donors (Lipinski definition) is 0. The number of carbonyl (C=O) groups is 3. The highest BCUT2D eigenvalue weighted by atomic mass is 35.5. The van der Waals surface area contributed by atoms with Gasteiger partial charge >= 0.3 is 0 Å². The minimum atomic E-state index is -0.888. The summed E-state index contributed by atoms with van der Waals surface area (Å²) < 4.78 is 13.4. The SMILES string of the molecule is CC1(C)C(C(=O)N(CCc2cccc(Cl)c2)C2CC(=O)N(c3ccc(F)cc3)C2=O)C1(C)C. The molecule has 174 valence electrons. The molecule has 0 N–H and O–H groups in total. The predicted octanol–water partition coefficient (Wildman–Crippen LogP) is 4.86. The largest absolute Gasteiger partial charge is 0.329 e. The topological polar surface area (TPSA) is 57.7 Å². The second kappa shape index (κ2) is 8.24. The molecule has 0 radical (unpaired) electrons. The Bertz CT molecular complexity index is 1100. The summed E-state index contributed by atoms with van der Waals surface area (Å²) in [5.74, 6) is -1.66. The van der Waals surface area contributed by atoms with Crippen LogP contribution >= 0.6 is 11.6 Å². The van der Waals surface area contributed by atoms with Crippen LogP contribution in [-0.2, 0) is 20.8 Å². The molecule has 7 heteroatoms. The van der Waals surface area contributed by atoms with Crippen molar-refractivity contribution >= 4 is 35.0 Å². The number of carbonyl (C=O) groups excluding carboxylic acids is 3. The number of nitrogens with zero attached hydrogens (tertiary/aromatic N) is 2. The third-order valence-corrected chi connectivity index (χ3v) is 7.90. The van der Waals surface area contributed by atoms with Crippen molar-refractivity contribution in [1.29, 1.82) is 0 Å². The normalized spacial score (nSPS) is 21.4. The van der Waals surface area contributed by atoms with Gasteiger partial charge in [0.05, 0.1) is 12.1 Å². The second-order valence-corrected chi connectivity index (χ2v) is 10.5. The standard InChI is InChI=1S/C26H28ClFN2O3/c1-25(2)22(26(25,3)4)24(33)29(13-12-16-6-5-7-17(27)14-16)20-15-21(31)30(23(20)32)19-10-8-18(28)9-11-19/h5-11,14,20,22H,12-13,15H2,1-4H3. The van der Waals surface area contributed by atoms with Crippen LogP contribution in [0.5, 0.6) is 0 Å². The maximum atomic E-state index is 13.7. The van der Waals surface area contributed by atoms with E-state index in [-0.39, 0.29) is 29.1 Å². The lowest BCUT2D eigenvalue weighted by atomic mass is 10.0. The van der Waals surface area contributed by atoms with Crippen LogP contribution in [0.3, 0.4) is 0 Å². The van der Waals surface area contributed by atoms with E-state index in [1.54, 1.807) is 11.0 Å². The highest BCUT2D eigenvalue weighted by Gasteiger charge is 2.69. The Morgan fingerprint density at radius 3 is 2.30 bits per heavy atom. The van der Waals surface area contributed by atoms with E-state index in [4.69, 9.17) is 11.6 Å². The summed E-state index contributed by atoms with van der Waals surface area (Å²) in [5, 5.41) is 0.601. The zero-order valence-electron chi connectivity index (χ0n) is 19.3. The Morgan fingerprint density at radius 2 is 1.73 bits per heavy atom. The number of halogens is 2. The highest BCUT2D eigenvalue weighted by molar-refractivity contribution is 6.30. The van der Waals surface area contributed by atoms with E-state index < -0.39 is 23.7 Å². The molecule has 2 aromatic rings. The Balaban J connectivity index is 1.62. The van der Waals surface area contributed by atoms with Crippen molar-refractivity contribution in [2.45, 2.75) is 46.6 Å². The van der Waals surface area contributed by atoms with Crippen LogP contribution < -0.4 is 4.90 Å². The molecule has 5 nitrogen and oxygen atoms in total. The fourth-order valence-corrected chi connectivity index (χ4v) is 5.27. The fourth-order valence-electron chi connectivity index (χ4n) is 5.06. The maximum Gasteiger partial charge on any atom is 0.257 e. The second-order valence-electron chi connectivity index (χ2n) is 10.1. The number of hydrogen-bond acceptors (Lipinski definition) is 3. The van der Waals surface area contributed by atoms with Crippen LogP contribution in [0.15, 0.2) is 48.5 Å². The van der Waals surface area contributed by atoms with Gasteiger partial charge in [-0.15, -0.1) is 0 Å². The molecular formula is C26H28ClFN2O3. The molecule has 0 spiro atoms. The van der Waals surface area contributed by atoms with E-state index in [0.717, 1.165) is 10.5 Å². The monoisotopic (exact) mass is 470 g/mol. The van der Waals surface area contributed by atoms with E-state index >= 15 is 0 Å². The first kappa shape index (κ1) is 23.4. The molecule has 1 atom stereocenters. The maximum absolute atomic E-state index is 13.7. The summed E-state index contributed by atoms with van der Waals surface area (Å²) in [6.45, 7) is 8.51. The molecule has 2 aromatic carbocycles. The first-order valence-electron chi connectivity index (χ1n) is 11.1. The molecule has 0 aromatic heterocycles. The lowest BCUT2D eigenvalue weighted by molar-refractivity contribution is -0.140. The summed E-state index contributed by atoms with van der Waals surface area (Å²) in [7, 11) is 0. The molecule has 1 aliphatic carbocycles. The number of imide groups is 1. The lowest BCUT2D eigenvalue weighted by Gasteiger charge is -2.29. The zero-order valence-corrected chi connectivity index (χ0v) is 20.0. The fraction of sp³-hybridized carbons (Fsp3) is 0.423. The van der Waals surface area contributed by atoms with Crippen molar-refractivity contribution in [3.8, 4) is 0 Å². The summed E-state index contributed by atoms with van der Waals surface area (Å²) in [6.07, 6.45) is 0.416. The predicted molar refractivity (Wildman–Crippen MR) is 125 cm³/mol. The molecule has 2 fully saturated rings. The van der Waals surface area contributed by atoms with Crippen molar-refractivity contribution in [1.82, 2.24) is 4.90 Å². The molecule has 1 saturated heterocycles. The third kappa shape index (κ3) is 4.05. The van der Waals surface area contributed by atoms with Crippen molar-refractivity contribution in [3.63, 3.8) is 0 Å². The molecular weight excluding hydrogens is 443 g/mol. The minimum Gasteiger partial charge on any atom is -0.329 e. The Labute approximate surface area is 198 Å². The molecule has 1 saturated carbocycles. The van der Waals surface area contributed by atoms with E-state index in [9.17, 15) is 18.8 Å². The van der Waals surface area contributed by atoms with Gasteiger partial charge in [-0.25, -0.2) is 9.29 Å². The van der Waals surface area contributed by atoms with Gasteiger partial charge in [-0.2, -0.15) is 0 Å². The summed E-state index contributed by atoms with van der Waals surface area (Å²) >= 11 is 6.11. The van der Waals surface area contributed by atoms with Gasteiger partial charge < -0.3 is 4.90 Å². The first-order valence-corrected chi connectivity index (χ1v) is 11.5. The summed E-state index contributed by atoms with van der Waals surface area (Å²) in [6, 6.07) is 11.7. The Hall–Kier alpha value is -2.73. The average molecular weight is 471 g/mol. The minimum absolute atomic E-state index is 0.0922.